The summed E-state index contributed by atoms with van der Waals surface area (Å²) in [7, 11) is -0.494. The standard InChI is InChI=1S/C23H24N2O5S/c1-17(22-5-4-16-30-22)25(2)23(26)15-8-18-6-13-21(14-7-18)31(27,28)24-19-9-11-20(29-3)12-10-19/h4-17,24H,1-3H3/b15-8+. The number of hydrogen-bond acceptors (Lipinski definition) is 5. The molecule has 0 aliphatic rings. The predicted octanol–water partition coefficient (Wildman–Crippen LogP) is 4.32. The second-order valence-electron chi connectivity index (χ2n) is 6.88. The number of rotatable bonds is 8. The van der Waals surface area contributed by atoms with Crippen molar-refractivity contribution in [2.24, 2.45) is 0 Å². The second-order valence-corrected chi connectivity index (χ2v) is 8.56. The van der Waals surface area contributed by atoms with Crippen LogP contribution in [0.1, 0.15) is 24.3 Å². The zero-order valence-electron chi connectivity index (χ0n) is 17.5. The molecular formula is C23H24N2O5S. The van der Waals surface area contributed by atoms with E-state index in [-0.39, 0.29) is 16.8 Å². The summed E-state index contributed by atoms with van der Waals surface area (Å²) >= 11 is 0. The molecule has 0 spiro atoms. The number of nitrogens with one attached hydrogen (secondary N) is 1. The normalized spacial score (nSPS) is 12.5. The van der Waals surface area contributed by atoms with Crippen LogP contribution in [0.4, 0.5) is 5.69 Å². The molecule has 1 atom stereocenters. The Balaban J connectivity index is 1.65. The molecule has 0 bridgehead atoms. The van der Waals surface area contributed by atoms with Crippen molar-refractivity contribution in [3.63, 3.8) is 0 Å². The number of furan rings is 1. The summed E-state index contributed by atoms with van der Waals surface area (Å²) in [5.41, 5.74) is 1.14. The van der Waals surface area contributed by atoms with Gasteiger partial charge in [-0.3, -0.25) is 9.52 Å². The minimum atomic E-state index is -3.73. The molecule has 1 N–H and O–H groups in total. The largest absolute Gasteiger partial charge is 0.497 e. The third-order valence-electron chi connectivity index (χ3n) is 4.83. The number of amides is 1. The minimum absolute atomic E-state index is 0.121. The molecule has 31 heavy (non-hydrogen) atoms. The zero-order chi connectivity index (χ0) is 22.4. The summed E-state index contributed by atoms with van der Waals surface area (Å²) in [4.78, 5) is 14.1. The summed E-state index contributed by atoms with van der Waals surface area (Å²) in [5.74, 6) is 1.14. The predicted molar refractivity (Wildman–Crippen MR) is 119 cm³/mol. The lowest BCUT2D eigenvalue weighted by atomic mass is 10.2. The Morgan fingerprint density at radius 3 is 2.35 bits per heavy atom. The Labute approximate surface area is 182 Å². The van der Waals surface area contributed by atoms with E-state index in [9.17, 15) is 13.2 Å². The van der Waals surface area contributed by atoms with Gasteiger partial charge in [0.05, 0.1) is 24.3 Å². The van der Waals surface area contributed by atoms with Gasteiger partial charge in [0, 0.05) is 18.8 Å². The Morgan fingerprint density at radius 1 is 1.10 bits per heavy atom. The van der Waals surface area contributed by atoms with E-state index in [4.69, 9.17) is 9.15 Å². The highest BCUT2D eigenvalue weighted by Crippen LogP contribution is 2.21. The third kappa shape index (κ3) is 5.55. The monoisotopic (exact) mass is 440 g/mol. The van der Waals surface area contributed by atoms with E-state index in [2.05, 4.69) is 4.72 Å². The molecule has 8 heteroatoms. The summed E-state index contributed by atoms with van der Waals surface area (Å²) in [6.07, 6.45) is 4.65. The molecule has 7 nitrogen and oxygen atoms in total. The Kier molecular flexibility index (Phi) is 6.81. The highest BCUT2D eigenvalue weighted by molar-refractivity contribution is 7.92. The number of carbonyl (C=O) groups excluding carboxylic acids is 1. The second kappa shape index (κ2) is 9.53. The average molecular weight is 441 g/mol. The Bertz CT molecular complexity index is 1140. The van der Waals surface area contributed by atoms with Gasteiger partial charge < -0.3 is 14.1 Å². The zero-order valence-corrected chi connectivity index (χ0v) is 18.3. The lowest BCUT2D eigenvalue weighted by molar-refractivity contribution is -0.126. The van der Waals surface area contributed by atoms with Gasteiger partial charge in [-0.2, -0.15) is 0 Å². The number of benzene rings is 2. The Morgan fingerprint density at radius 2 is 1.77 bits per heavy atom. The van der Waals surface area contributed by atoms with Gasteiger partial charge in [0.2, 0.25) is 5.91 Å². The van der Waals surface area contributed by atoms with Gasteiger partial charge in [-0.05, 0) is 67.1 Å². The molecule has 3 aromatic rings. The summed E-state index contributed by atoms with van der Waals surface area (Å²) in [6.45, 7) is 1.88. The van der Waals surface area contributed by atoms with Crippen LogP contribution in [0.25, 0.3) is 6.08 Å². The molecule has 0 saturated heterocycles. The molecule has 162 valence electrons. The van der Waals surface area contributed by atoms with E-state index in [1.807, 2.05) is 13.0 Å². The average Bonchev–Trinajstić information content (AvgIpc) is 3.32. The van der Waals surface area contributed by atoms with Crippen molar-refractivity contribution in [1.82, 2.24) is 4.90 Å². The van der Waals surface area contributed by atoms with Crippen molar-refractivity contribution >= 4 is 27.7 Å². The summed E-state index contributed by atoms with van der Waals surface area (Å²) in [6, 6.07) is 16.2. The molecule has 0 aliphatic carbocycles. The van der Waals surface area contributed by atoms with Crippen molar-refractivity contribution in [1.29, 1.82) is 0 Å². The van der Waals surface area contributed by atoms with E-state index in [1.165, 1.54) is 18.2 Å². The minimum Gasteiger partial charge on any atom is -0.497 e. The van der Waals surface area contributed by atoms with Gasteiger partial charge in [-0.1, -0.05) is 12.1 Å². The third-order valence-corrected chi connectivity index (χ3v) is 6.23. The fourth-order valence-corrected chi connectivity index (χ4v) is 3.89. The number of anilines is 1. The van der Waals surface area contributed by atoms with Crippen LogP contribution in [-0.4, -0.2) is 33.4 Å². The van der Waals surface area contributed by atoms with Crippen LogP contribution in [0.2, 0.25) is 0 Å². The first-order valence-corrected chi connectivity index (χ1v) is 11.0. The van der Waals surface area contributed by atoms with Crippen LogP contribution in [0, 0.1) is 0 Å². The van der Waals surface area contributed by atoms with Gasteiger partial charge in [0.15, 0.2) is 0 Å². The maximum atomic E-state index is 12.6. The first-order chi connectivity index (χ1) is 14.8. The first kappa shape index (κ1) is 22.2. The van der Waals surface area contributed by atoms with Gasteiger partial charge in [-0.25, -0.2) is 8.42 Å². The topological polar surface area (TPSA) is 88.8 Å². The quantitative estimate of drug-likeness (QED) is 0.527. The number of sulfonamides is 1. The fraction of sp³-hybridized carbons (Fsp3) is 0.174. The van der Waals surface area contributed by atoms with E-state index >= 15 is 0 Å². The van der Waals surface area contributed by atoms with Crippen molar-refractivity contribution in [3.05, 3.63) is 84.3 Å². The number of hydrogen-bond donors (Lipinski definition) is 1. The van der Waals surface area contributed by atoms with Gasteiger partial charge in [0.25, 0.3) is 10.0 Å². The summed E-state index contributed by atoms with van der Waals surface area (Å²) < 4.78 is 38.1. The van der Waals surface area contributed by atoms with Crippen molar-refractivity contribution in [2.45, 2.75) is 17.9 Å². The van der Waals surface area contributed by atoms with E-state index < -0.39 is 10.0 Å². The fourth-order valence-electron chi connectivity index (χ4n) is 2.83. The van der Waals surface area contributed by atoms with Crippen molar-refractivity contribution in [3.8, 4) is 5.75 Å². The summed E-state index contributed by atoms with van der Waals surface area (Å²) in [5, 5.41) is 0. The van der Waals surface area contributed by atoms with Gasteiger partial charge in [0.1, 0.15) is 11.5 Å². The van der Waals surface area contributed by atoms with Crippen LogP contribution in [0.3, 0.4) is 0 Å². The van der Waals surface area contributed by atoms with Gasteiger partial charge in [-0.15, -0.1) is 0 Å². The lowest BCUT2D eigenvalue weighted by Gasteiger charge is -2.21. The van der Waals surface area contributed by atoms with E-state index in [1.54, 1.807) is 73.9 Å². The highest BCUT2D eigenvalue weighted by atomic mass is 32.2. The molecule has 1 unspecified atom stereocenters. The molecule has 0 saturated carbocycles. The van der Waals surface area contributed by atoms with Crippen LogP contribution in [0.15, 0.2) is 82.3 Å². The molecule has 3 rings (SSSR count). The van der Waals surface area contributed by atoms with E-state index in [0.717, 1.165) is 0 Å². The van der Waals surface area contributed by atoms with Crippen molar-refractivity contribution < 1.29 is 22.4 Å². The molecule has 0 fully saturated rings. The van der Waals surface area contributed by atoms with Crippen LogP contribution >= 0.6 is 0 Å². The number of carbonyl (C=O) groups is 1. The maximum absolute atomic E-state index is 12.6. The number of methoxy groups -OCH3 is 1. The SMILES string of the molecule is COc1ccc(NS(=O)(=O)c2ccc(/C=C/C(=O)N(C)C(C)c3ccco3)cc2)cc1. The Hall–Kier alpha value is -3.52. The number of nitrogens with zero attached hydrogens (tertiary/aromatic N) is 1. The van der Waals surface area contributed by atoms with Crippen LogP contribution in [-0.2, 0) is 14.8 Å². The molecule has 2 aromatic carbocycles. The maximum Gasteiger partial charge on any atom is 0.261 e. The lowest BCUT2D eigenvalue weighted by Crippen LogP contribution is -2.27. The molecule has 0 radical (unpaired) electrons. The number of likely N-dealkylation sites (N-methyl/N-ethyl adjacent to an activating group) is 1. The highest BCUT2D eigenvalue weighted by Gasteiger charge is 2.17. The molecule has 0 aliphatic heterocycles. The number of ether oxygens (including phenoxy) is 1. The molecule has 1 amide bonds. The van der Waals surface area contributed by atoms with Gasteiger partial charge >= 0.3 is 0 Å². The van der Waals surface area contributed by atoms with E-state index in [0.29, 0.717) is 22.8 Å². The van der Waals surface area contributed by atoms with Crippen LogP contribution in [0.5, 0.6) is 5.75 Å². The van der Waals surface area contributed by atoms with Crippen LogP contribution < -0.4 is 9.46 Å². The first-order valence-electron chi connectivity index (χ1n) is 9.55. The molecule has 1 heterocycles. The molecule has 1 aromatic heterocycles. The molecular weight excluding hydrogens is 416 g/mol. The smallest absolute Gasteiger partial charge is 0.261 e. The van der Waals surface area contributed by atoms with Crippen molar-refractivity contribution in [2.75, 3.05) is 18.9 Å².